The molecular weight excluding hydrogens is 368 g/mol. The van der Waals surface area contributed by atoms with Gasteiger partial charge in [-0.2, -0.15) is 0 Å². The van der Waals surface area contributed by atoms with Crippen LogP contribution in [0.25, 0.3) is 0 Å². The highest BCUT2D eigenvalue weighted by molar-refractivity contribution is 6.31. The van der Waals surface area contributed by atoms with E-state index in [0.29, 0.717) is 27.7 Å². The Morgan fingerprint density at radius 2 is 1.93 bits per heavy atom. The normalized spacial score (nSPS) is 15.0. The summed E-state index contributed by atoms with van der Waals surface area (Å²) in [4.78, 5) is 38.2. The molecule has 0 radical (unpaired) electrons. The summed E-state index contributed by atoms with van der Waals surface area (Å²) in [5.74, 6) is -0.354. The summed E-state index contributed by atoms with van der Waals surface area (Å²) in [5, 5.41) is 3.15. The number of Topliss-reactive ketones (excluding diaryl/α,β-unsaturated/α-hetero) is 1. The Labute approximate surface area is 162 Å². The molecule has 2 amide bonds. The minimum atomic E-state index is -1.10. The number of benzene rings is 2. The van der Waals surface area contributed by atoms with E-state index in [1.807, 2.05) is 0 Å². The Morgan fingerprint density at radius 1 is 1.19 bits per heavy atom. The molecule has 2 aromatic carbocycles. The molecule has 140 valence electrons. The zero-order valence-electron chi connectivity index (χ0n) is 15.2. The lowest BCUT2D eigenvalue weighted by Gasteiger charge is -2.38. The molecule has 3 rings (SSSR count). The van der Waals surface area contributed by atoms with Crippen LogP contribution in [-0.4, -0.2) is 29.7 Å². The highest BCUT2D eigenvalue weighted by Gasteiger charge is 2.41. The first-order chi connectivity index (χ1) is 12.7. The molecule has 6 nitrogen and oxygen atoms in total. The molecule has 0 atom stereocenters. The van der Waals surface area contributed by atoms with Gasteiger partial charge in [0.05, 0.1) is 5.69 Å². The quantitative estimate of drug-likeness (QED) is 0.813. The van der Waals surface area contributed by atoms with Crippen LogP contribution in [0, 0.1) is 0 Å². The Bertz CT molecular complexity index is 939. The maximum atomic E-state index is 12.8. The number of ketones is 1. The van der Waals surface area contributed by atoms with Crippen molar-refractivity contribution in [2.45, 2.75) is 26.4 Å². The van der Waals surface area contributed by atoms with E-state index < -0.39 is 11.5 Å². The predicted octanol–water partition coefficient (Wildman–Crippen LogP) is 3.69. The molecule has 0 unspecified atom stereocenters. The summed E-state index contributed by atoms with van der Waals surface area (Å²) in [6, 6.07) is 11.6. The van der Waals surface area contributed by atoms with Crippen LogP contribution in [0.1, 0.15) is 31.1 Å². The van der Waals surface area contributed by atoms with Crippen molar-refractivity contribution in [1.29, 1.82) is 0 Å². The third-order valence-corrected chi connectivity index (χ3v) is 4.43. The second-order valence-electron chi connectivity index (χ2n) is 6.80. The van der Waals surface area contributed by atoms with E-state index in [2.05, 4.69) is 5.32 Å². The van der Waals surface area contributed by atoms with E-state index in [1.54, 1.807) is 56.3 Å². The van der Waals surface area contributed by atoms with Gasteiger partial charge in [-0.3, -0.25) is 19.3 Å². The Hall–Kier alpha value is -2.86. The molecule has 1 heterocycles. The topological polar surface area (TPSA) is 75.7 Å². The summed E-state index contributed by atoms with van der Waals surface area (Å²) in [6.07, 6.45) is 0. The van der Waals surface area contributed by atoms with Crippen LogP contribution in [-0.2, 0) is 9.59 Å². The molecule has 0 saturated heterocycles. The van der Waals surface area contributed by atoms with Crippen molar-refractivity contribution in [2.75, 3.05) is 16.8 Å². The lowest BCUT2D eigenvalue weighted by Crippen LogP contribution is -2.54. The second kappa shape index (κ2) is 7.04. The van der Waals surface area contributed by atoms with Crippen molar-refractivity contribution in [1.82, 2.24) is 0 Å². The number of nitrogens with one attached hydrogen (secondary N) is 1. The minimum absolute atomic E-state index is 0.0974. The number of hydrogen-bond acceptors (Lipinski definition) is 4. The molecule has 0 aromatic heterocycles. The van der Waals surface area contributed by atoms with Crippen LogP contribution >= 0.6 is 11.6 Å². The van der Waals surface area contributed by atoms with Crippen LogP contribution in [0.15, 0.2) is 42.5 Å². The number of anilines is 2. The van der Waals surface area contributed by atoms with E-state index in [-0.39, 0.29) is 18.2 Å². The van der Waals surface area contributed by atoms with Gasteiger partial charge in [-0.15, -0.1) is 0 Å². The van der Waals surface area contributed by atoms with E-state index in [1.165, 1.54) is 11.8 Å². The number of carbonyl (C=O) groups is 3. The van der Waals surface area contributed by atoms with E-state index >= 15 is 0 Å². The van der Waals surface area contributed by atoms with Crippen LogP contribution in [0.5, 0.6) is 5.75 Å². The van der Waals surface area contributed by atoms with Gasteiger partial charge < -0.3 is 10.1 Å². The number of nitrogens with zero attached hydrogens (tertiary/aromatic N) is 1. The molecule has 1 aliphatic heterocycles. The largest absolute Gasteiger partial charge is 0.476 e. The van der Waals surface area contributed by atoms with Crippen molar-refractivity contribution in [3.05, 3.63) is 53.1 Å². The number of halogens is 1. The zero-order valence-corrected chi connectivity index (χ0v) is 16.0. The maximum Gasteiger partial charge on any atom is 0.271 e. The monoisotopic (exact) mass is 386 g/mol. The maximum absolute atomic E-state index is 12.8. The third-order valence-electron chi connectivity index (χ3n) is 4.19. The van der Waals surface area contributed by atoms with E-state index in [0.717, 1.165) is 0 Å². The fraction of sp³-hybridized carbons (Fsp3) is 0.250. The number of fused-ring (bicyclic) bond motifs is 1. The summed E-state index contributed by atoms with van der Waals surface area (Å²) < 4.78 is 5.74. The third kappa shape index (κ3) is 3.95. The Balaban J connectivity index is 1.84. The second-order valence-corrected chi connectivity index (χ2v) is 7.24. The van der Waals surface area contributed by atoms with Gasteiger partial charge in [-0.25, -0.2) is 0 Å². The molecular formula is C20H19ClN2O4. The fourth-order valence-corrected chi connectivity index (χ4v) is 3.02. The number of hydrogen-bond donors (Lipinski definition) is 1. The van der Waals surface area contributed by atoms with Gasteiger partial charge in [0, 0.05) is 16.3 Å². The first-order valence-corrected chi connectivity index (χ1v) is 8.76. The molecule has 0 aliphatic carbocycles. The first kappa shape index (κ1) is 18.9. The van der Waals surface area contributed by atoms with Crippen molar-refractivity contribution in [3.63, 3.8) is 0 Å². The number of carbonyl (C=O) groups excluding carboxylic acids is 3. The lowest BCUT2D eigenvalue weighted by molar-refractivity contribution is -0.133. The molecule has 27 heavy (non-hydrogen) atoms. The molecule has 0 spiro atoms. The van der Waals surface area contributed by atoms with Crippen LogP contribution in [0.2, 0.25) is 5.02 Å². The van der Waals surface area contributed by atoms with Crippen LogP contribution in [0.3, 0.4) is 0 Å². The smallest absolute Gasteiger partial charge is 0.271 e. The van der Waals surface area contributed by atoms with Gasteiger partial charge in [0.2, 0.25) is 5.91 Å². The number of amides is 2. The van der Waals surface area contributed by atoms with Gasteiger partial charge in [0.15, 0.2) is 11.4 Å². The standard InChI is InChI=1S/C20H19ClN2O4/c1-12(24)13-5-4-6-15(9-13)22-18(25)11-23-16-10-14(21)7-8-17(16)27-20(2,3)19(23)26/h4-10H,11H2,1-3H3,(H,22,25). The first-order valence-electron chi connectivity index (χ1n) is 8.39. The summed E-state index contributed by atoms with van der Waals surface area (Å²) in [7, 11) is 0. The average molecular weight is 387 g/mol. The molecule has 1 aliphatic rings. The predicted molar refractivity (Wildman–Crippen MR) is 104 cm³/mol. The van der Waals surface area contributed by atoms with Gasteiger partial charge in [-0.1, -0.05) is 23.7 Å². The molecule has 0 bridgehead atoms. The number of ether oxygens (including phenoxy) is 1. The van der Waals surface area contributed by atoms with Crippen molar-refractivity contribution < 1.29 is 19.1 Å². The minimum Gasteiger partial charge on any atom is -0.476 e. The zero-order chi connectivity index (χ0) is 19.8. The van der Waals surface area contributed by atoms with E-state index in [4.69, 9.17) is 16.3 Å². The highest BCUT2D eigenvalue weighted by Crippen LogP contribution is 2.39. The molecule has 7 heteroatoms. The Morgan fingerprint density at radius 3 is 2.63 bits per heavy atom. The van der Waals surface area contributed by atoms with Gasteiger partial charge in [-0.05, 0) is 51.1 Å². The van der Waals surface area contributed by atoms with Gasteiger partial charge in [0.1, 0.15) is 12.3 Å². The summed E-state index contributed by atoms with van der Waals surface area (Å²) in [6.45, 7) is 4.54. The molecule has 2 aromatic rings. The van der Waals surface area contributed by atoms with Crippen molar-refractivity contribution >= 4 is 40.6 Å². The molecule has 1 N–H and O–H groups in total. The fourth-order valence-electron chi connectivity index (χ4n) is 2.86. The summed E-state index contributed by atoms with van der Waals surface area (Å²) in [5.41, 5.74) is 0.322. The number of rotatable bonds is 4. The average Bonchev–Trinajstić information content (AvgIpc) is 2.60. The molecule has 0 saturated carbocycles. The highest BCUT2D eigenvalue weighted by atomic mass is 35.5. The SMILES string of the molecule is CC(=O)c1cccc(NC(=O)CN2C(=O)C(C)(C)Oc3ccc(Cl)cc32)c1. The van der Waals surface area contributed by atoms with Crippen LogP contribution in [0.4, 0.5) is 11.4 Å². The summed E-state index contributed by atoms with van der Waals surface area (Å²) >= 11 is 6.05. The lowest BCUT2D eigenvalue weighted by atomic mass is 10.0. The van der Waals surface area contributed by atoms with Gasteiger partial charge in [0.25, 0.3) is 5.91 Å². The van der Waals surface area contributed by atoms with Crippen LogP contribution < -0.4 is 15.0 Å². The van der Waals surface area contributed by atoms with Crippen molar-refractivity contribution in [3.8, 4) is 5.75 Å². The molecule has 0 fully saturated rings. The van der Waals surface area contributed by atoms with Crippen molar-refractivity contribution in [2.24, 2.45) is 0 Å². The van der Waals surface area contributed by atoms with E-state index in [9.17, 15) is 14.4 Å². The Kier molecular flexibility index (Phi) is 4.93. The van der Waals surface area contributed by atoms with Gasteiger partial charge >= 0.3 is 0 Å².